The molecule has 3 aromatic carbocycles. The third kappa shape index (κ3) is 7.86. The van der Waals surface area contributed by atoms with Crippen LogP contribution in [0.2, 0.25) is 0 Å². The van der Waals surface area contributed by atoms with E-state index in [2.05, 4.69) is 142 Å². The Morgan fingerprint density at radius 3 is 1.53 bits per heavy atom. The Hall–Kier alpha value is -2.88. The summed E-state index contributed by atoms with van der Waals surface area (Å²) in [5.41, 5.74) is 2.76. The Labute approximate surface area is 213 Å². The van der Waals surface area contributed by atoms with Gasteiger partial charge in [-0.2, -0.15) is 0 Å². The molecule has 4 aromatic rings. The fraction of sp³-hybridized carbons (Fsp3) is 0.107. The number of nitrogens with zero attached hydrogens (tertiary/aromatic N) is 1. The molecule has 0 spiro atoms. The summed E-state index contributed by atoms with van der Waals surface area (Å²) in [6, 6.07) is 35.2. The van der Waals surface area contributed by atoms with Gasteiger partial charge in [-0.1, -0.05) is 91.9 Å². The van der Waals surface area contributed by atoms with Gasteiger partial charge in [-0.25, -0.2) is 0 Å². The predicted octanol–water partition coefficient (Wildman–Crippen LogP) is 4.82. The van der Waals surface area contributed by atoms with Crippen molar-refractivity contribution >= 4 is 23.8 Å². The zero-order chi connectivity index (χ0) is 24.6. The fourth-order valence-electron chi connectivity index (χ4n) is 3.72. The van der Waals surface area contributed by atoms with Gasteiger partial charge in [0.25, 0.3) is 0 Å². The standard InChI is InChI=1S/C25H24NP.3CO.Cr/c1-20(24-17-11-19-26(24)2)23-16-9-10-18-25(23)27(21-12-5-3-6-13-21)22-14-7-4-8-15-22;3*1-2;/h3-20H,1-2H3;;;;/t20-;;;;/m1..../s1. The summed E-state index contributed by atoms with van der Waals surface area (Å²) in [5.74, 6) is 0.346. The minimum Gasteiger partial charge on any atom is 0 e. The van der Waals surface area contributed by atoms with Gasteiger partial charge in [0, 0.05) is 42.2 Å². The molecule has 0 aliphatic heterocycles. The first-order valence-corrected chi connectivity index (χ1v) is 11.3. The molecular weight excluding hydrogens is 481 g/mol. The van der Waals surface area contributed by atoms with E-state index in [0.717, 1.165) is 0 Å². The molecule has 0 fully saturated rings. The molecule has 4 nitrogen and oxygen atoms in total. The molecule has 0 unspecified atom stereocenters. The third-order valence-electron chi connectivity index (χ3n) is 5.10. The van der Waals surface area contributed by atoms with Crippen molar-refractivity contribution in [2.45, 2.75) is 12.8 Å². The van der Waals surface area contributed by atoms with Crippen LogP contribution in [0.4, 0.5) is 0 Å². The topological polar surface area (TPSA) is 64.6 Å². The van der Waals surface area contributed by atoms with Gasteiger partial charge < -0.3 is 4.57 Å². The van der Waals surface area contributed by atoms with Crippen molar-refractivity contribution in [3.05, 3.63) is 134 Å². The molecule has 6 heteroatoms. The van der Waals surface area contributed by atoms with E-state index in [9.17, 15) is 0 Å². The number of hydrogen-bond donors (Lipinski definition) is 0. The van der Waals surface area contributed by atoms with Crippen molar-refractivity contribution in [1.29, 1.82) is 0 Å². The molecule has 170 valence electrons. The van der Waals surface area contributed by atoms with Crippen LogP contribution in [0.25, 0.3) is 0 Å². The van der Waals surface area contributed by atoms with Crippen molar-refractivity contribution < 1.29 is 31.3 Å². The van der Waals surface area contributed by atoms with Crippen LogP contribution in [-0.2, 0) is 38.4 Å². The quantitative estimate of drug-likeness (QED) is 0.212. The Kier molecular flexibility index (Phi) is 16.1. The number of rotatable bonds is 5. The van der Waals surface area contributed by atoms with Crippen molar-refractivity contribution in [3.63, 3.8) is 0 Å². The Bertz CT molecular complexity index is 1100. The van der Waals surface area contributed by atoms with Crippen LogP contribution in [0, 0.1) is 20.0 Å². The Morgan fingerprint density at radius 2 is 1.09 bits per heavy atom. The second kappa shape index (κ2) is 17.6. The van der Waals surface area contributed by atoms with Crippen molar-refractivity contribution in [2.24, 2.45) is 7.05 Å². The number of aryl methyl sites for hydroxylation is 1. The predicted molar refractivity (Wildman–Crippen MR) is 130 cm³/mol. The summed E-state index contributed by atoms with van der Waals surface area (Å²) in [6.45, 7) is 15.8. The number of hydrogen-bond acceptors (Lipinski definition) is 0. The minimum atomic E-state index is -0.594. The maximum atomic E-state index is 7.50. The number of aromatic nitrogens is 1. The van der Waals surface area contributed by atoms with E-state index in [1.807, 2.05) is 0 Å². The maximum absolute atomic E-state index is 7.50. The van der Waals surface area contributed by atoms with Gasteiger partial charge in [0.2, 0.25) is 0 Å². The first-order valence-electron chi connectivity index (χ1n) is 9.97. The monoisotopic (exact) mass is 505 g/mol. The van der Waals surface area contributed by atoms with E-state index < -0.39 is 7.92 Å². The maximum Gasteiger partial charge on any atom is 0 e. The molecule has 4 rings (SSSR count). The Morgan fingerprint density at radius 1 is 0.647 bits per heavy atom. The SMILES string of the molecule is C[C@H](c1ccccc1P(c1ccccc1)c1ccccc1)c1cccn1C.[C-]#[O+].[C-]#[O+].[C-]#[O+].[Cr]. The summed E-state index contributed by atoms with van der Waals surface area (Å²) >= 11 is 0. The van der Waals surface area contributed by atoms with Gasteiger partial charge in [-0.05, 0) is 41.5 Å². The molecule has 1 aromatic heterocycles. The molecule has 1 atom stereocenters. The van der Waals surface area contributed by atoms with E-state index in [0.29, 0.717) is 5.92 Å². The summed E-state index contributed by atoms with van der Waals surface area (Å²) in [4.78, 5) is 0. The molecule has 0 saturated carbocycles. The van der Waals surface area contributed by atoms with Crippen molar-refractivity contribution in [3.8, 4) is 0 Å². The van der Waals surface area contributed by atoms with Crippen LogP contribution in [-0.4, -0.2) is 4.57 Å². The van der Waals surface area contributed by atoms with E-state index >= 15 is 0 Å². The van der Waals surface area contributed by atoms with Crippen LogP contribution in [0.1, 0.15) is 24.1 Å². The molecule has 1 heterocycles. The van der Waals surface area contributed by atoms with Gasteiger partial charge >= 0.3 is 33.9 Å². The third-order valence-corrected chi connectivity index (χ3v) is 7.62. The molecule has 0 amide bonds. The average molecular weight is 505 g/mol. The molecule has 0 saturated heterocycles. The van der Waals surface area contributed by atoms with Crippen LogP contribution in [0.5, 0.6) is 0 Å². The first-order chi connectivity index (χ1) is 16.3. The van der Waals surface area contributed by atoms with Crippen LogP contribution in [0.15, 0.2) is 103 Å². The average Bonchev–Trinajstić information content (AvgIpc) is 3.35. The molecule has 0 N–H and O–H groups in total. The second-order valence-corrected chi connectivity index (χ2v) is 9.02. The molecule has 0 aliphatic carbocycles. The summed E-state index contributed by atoms with van der Waals surface area (Å²) in [5, 5.41) is 4.23. The van der Waals surface area contributed by atoms with Crippen molar-refractivity contribution in [2.75, 3.05) is 0 Å². The largest absolute Gasteiger partial charge is 0 e. The van der Waals surface area contributed by atoms with Gasteiger partial charge in [0.15, 0.2) is 0 Å². The molecule has 0 aliphatic rings. The van der Waals surface area contributed by atoms with Gasteiger partial charge in [-0.3, -0.25) is 0 Å². The zero-order valence-electron chi connectivity index (χ0n) is 18.9. The molecule has 0 radical (unpaired) electrons. The van der Waals surface area contributed by atoms with Gasteiger partial charge in [0.1, 0.15) is 0 Å². The smallest absolute Gasteiger partial charge is 0 e. The van der Waals surface area contributed by atoms with Crippen LogP contribution >= 0.6 is 7.92 Å². The summed E-state index contributed by atoms with van der Waals surface area (Å²) in [6.07, 6.45) is 2.13. The van der Waals surface area contributed by atoms with E-state index in [1.54, 1.807) is 0 Å². The zero-order valence-corrected chi connectivity index (χ0v) is 21.1. The summed E-state index contributed by atoms with van der Waals surface area (Å²) in [7, 11) is 1.54. The summed E-state index contributed by atoms with van der Waals surface area (Å²) < 4.78 is 24.7. The van der Waals surface area contributed by atoms with E-state index in [4.69, 9.17) is 14.0 Å². The van der Waals surface area contributed by atoms with E-state index in [1.165, 1.54) is 27.2 Å². The number of benzene rings is 3. The normalized spacial score (nSPS) is 9.91. The van der Waals surface area contributed by atoms with Crippen molar-refractivity contribution in [1.82, 2.24) is 4.57 Å². The second-order valence-electron chi connectivity index (χ2n) is 6.83. The fourth-order valence-corrected chi connectivity index (χ4v) is 6.28. The Balaban J connectivity index is 0.00000145. The minimum absolute atomic E-state index is 0. The van der Waals surface area contributed by atoms with E-state index in [-0.39, 0.29) is 17.4 Å². The van der Waals surface area contributed by atoms with Gasteiger partial charge in [0.05, 0.1) is 0 Å². The molecular formula is C28H24CrNO3P. The van der Waals surface area contributed by atoms with Gasteiger partial charge in [-0.15, -0.1) is 0 Å². The molecule has 34 heavy (non-hydrogen) atoms. The van der Waals surface area contributed by atoms with Crippen LogP contribution < -0.4 is 15.9 Å². The van der Waals surface area contributed by atoms with Crippen LogP contribution in [0.3, 0.4) is 0 Å². The first kappa shape index (κ1) is 31.1. The molecule has 0 bridgehead atoms.